The number of furan rings is 1. The molecule has 1 aromatic heterocycles. The summed E-state index contributed by atoms with van der Waals surface area (Å²) in [5.74, 6) is 0.954. The normalized spacial score (nSPS) is 37.4. The fourth-order valence-electron chi connectivity index (χ4n) is 7.07. The van der Waals surface area contributed by atoms with Crippen molar-refractivity contribution in [1.82, 2.24) is 5.32 Å². The van der Waals surface area contributed by atoms with Crippen LogP contribution in [-0.2, 0) is 27.2 Å². The summed E-state index contributed by atoms with van der Waals surface area (Å²) in [5, 5.41) is 14.0. The first-order valence-electron chi connectivity index (χ1n) is 12.7. The molecular weight excluding hydrogens is 430 g/mol. The van der Waals surface area contributed by atoms with Gasteiger partial charge in [0.25, 0.3) is 0 Å². The Labute approximate surface area is 202 Å². The number of rotatable bonds is 6. The smallest absolute Gasteiger partial charge is 0.220 e. The highest BCUT2D eigenvalue weighted by molar-refractivity contribution is 5.76. The van der Waals surface area contributed by atoms with Crippen LogP contribution in [0.25, 0.3) is 0 Å². The first kappa shape index (κ1) is 23.6. The number of fused-ring (bicyclic) bond motifs is 3. The van der Waals surface area contributed by atoms with Crippen LogP contribution in [0.2, 0.25) is 0 Å². The number of benzene rings is 1. The van der Waals surface area contributed by atoms with Crippen LogP contribution >= 0.6 is 0 Å². The number of ether oxygens (including phenoxy) is 2. The summed E-state index contributed by atoms with van der Waals surface area (Å²) in [6.45, 7) is 5.61. The third-order valence-electron chi connectivity index (χ3n) is 8.92. The van der Waals surface area contributed by atoms with E-state index >= 15 is 0 Å². The lowest BCUT2D eigenvalue weighted by atomic mass is 9.46. The van der Waals surface area contributed by atoms with E-state index in [1.807, 2.05) is 30.3 Å². The largest absolute Gasteiger partial charge is 0.467 e. The van der Waals surface area contributed by atoms with Crippen LogP contribution in [0.15, 0.2) is 53.1 Å². The van der Waals surface area contributed by atoms with Gasteiger partial charge in [0, 0.05) is 18.3 Å². The van der Waals surface area contributed by atoms with Gasteiger partial charge in [-0.25, -0.2) is 0 Å². The van der Waals surface area contributed by atoms with Gasteiger partial charge in [0.15, 0.2) is 6.29 Å². The number of carbonyl (C=O) groups is 1. The molecule has 7 atom stereocenters. The van der Waals surface area contributed by atoms with E-state index in [1.54, 1.807) is 6.26 Å². The van der Waals surface area contributed by atoms with Crippen molar-refractivity contribution in [1.29, 1.82) is 0 Å². The summed E-state index contributed by atoms with van der Waals surface area (Å²) < 4.78 is 18.2. The van der Waals surface area contributed by atoms with Gasteiger partial charge in [-0.3, -0.25) is 4.79 Å². The summed E-state index contributed by atoms with van der Waals surface area (Å²) >= 11 is 0. The first-order chi connectivity index (χ1) is 16.4. The molecule has 3 aliphatic rings. The predicted molar refractivity (Wildman–Crippen MR) is 128 cm³/mol. The van der Waals surface area contributed by atoms with Gasteiger partial charge in [-0.2, -0.15) is 0 Å². The molecule has 2 N–H and O–H groups in total. The zero-order chi connectivity index (χ0) is 23.8. The van der Waals surface area contributed by atoms with Crippen molar-refractivity contribution in [3.05, 3.63) is 60.1 Å². The summed E-state index contributed by atoms with van der Waals surface area (Å²) in [4.78, 5) is 12.8. The second-order valence-corrected chi connectivity index (χ2v) is 11.0. The molecule has 184 valence electrons. The van der Waals surface area contributed by atoms with E-state index in [0.29, 0.717) is 31.9 Å². The van der Waals surface area contributed by atoms with Crippen LogP contribution in [0.5, 0.6) is 0 Å². The maximum atomic E-state index is 12.8. The van der Waals surface area contributed by atoms with Crippen LogP contribution in [0.4, 0.5) is 0 Å². The molecule has 6 heteroatoms. The summed E-state index contributed by atoms with van der Waals surface area (Å²) in [6.07, 6.45) is 5.66. The number of hydrogen-bond acceptors (Lipinski definition) is 5. The zero-order valence-corrected chi connectivity index (χ0v) is 20.2. The molecule has 34 heavy (non-hydrogen) atoms. The topological polar surface area (TPSA) is 80.9 Å². The molecule has 0 bridgehead atoms. The Kier molecular flexibility index (Phi) is 6.58. The van der Waals surface area contributed by atoms with Crippen molar-refractivity contribution in [2.75, 3.05) is 6.61 Å². The van der Waals surface area contributed by atoms with Gasteiger partial charge in [-0.1, -0.05) is 44.2 Å². The van der Waals surface area contributed by atoms with E-state index in [1.165, 1.54) is 5.56 Å². The summed E-state index contributed by atoms with van der Waals surface area (Å²) in [7, 11) is 0. The third-order valence-corrected chi connectivity index (χ3v) is 8.92. The number of aliphatic hydroxyl groups is 1. The minimum atomic E-state index is -0.466. The lowest BCUT2D eigenvalue weighted by Gasteiger charge is -2.63. The summed E-state index contributed by atoms with van der Waals surface area (Å²) in [5.41, 5.74) is 0.964. The number of hydrogen-bond donors (Lipinski definition) is 2. The molecule has 2 aliphatic carbocycles. The Balaban J connectivity index is 1.27. The standard InChI is InChI=1S/C28H37NO5/c1-27-13-12-24-28(2,18-33-26(34-24)15-19-7-4-3-5-8-19)23(27)11-10-22(30)21(27)16-25(31)29-17-20-9-6-14-32-20/h3-9,14,21-24,26,30H,10-13,15-18H2,1-2H3,(H,29,31)/t21-,22-,23-,24-,26-,27+,28+/m1/s1. The monoisotopic (exact) mass is 467 g/mol. The molecule has 2 heterocycles. The number of amides is 1. The van der Waals surface area contributed by atoms with Crippen LogP contribution in [0.1, 0.15) is 57.3 Å². The minimum Gasteiger partial charge on any atom is -0.467 e. The second-order valence-electron chi connectivity index (χ2n) is 11.0. The van der Waals surface area contributed by atoms with Gasteiger partial charge < -0.3 is 24.3 Å². The fourth-order valence-corrected chi connectivity index (χ4v) is 7.07. The average Bonchev–Trinajstić information content (AvgIpc) is 3.35. The zero-order valence-electron chi connectivity index (χ0n) is 20.2. The molecule has 1 aliphatic heterocycles. The van der Waals surface area contributed by atoms with Crippen LogP contribution in [0, 0.1) is 22.7 Å². The van der Waals surface area contributed by atoms with E-state index in [2.05, 4.69) is 31.3 Å². The molecule has 0 unspecified atom stereocenters. The van der Waals surface area contributed by atoms with Crippen molar-refractivity contribution >= 4 is 5.91 Å². The molecule has 6 nitrogen and oxygen atoms in total. The molecule has 2 saturated carbocycles. The van der Waals surface area contributed by atoms with Gasteiger partial charge in [0.1, 0.15) is 5.76 Å². The Morgan fingerprint density at radius 3 is 2.68 bits per heavy atom. The molecular formula is C28H37NO5. The Morgan fingerprint density at radius 2 is 1.91 bits per heavy atom. The average molecular weight is 468 g/mol. The lowest BCUT2D eigenvalue weighted by molar-refractivity contribution is -0.308. The third kappa shape index (κ3) is 4.43. The second kappa shape index (κ2) is 9.48. The van der Waals surface area contributed by atoms with Crippen molar-refractivity contribution in [2.45, 2.75) is 77.4 Å². The van der Waals surface area contributed by atoms with Gasteiger partial charge in [-0.05, 0) is 60.6 Å². The van der Waals surface area contributed by atoms with Crippen molar-refractivity contribution in [3.8, 4) is 0 Å². The van der Waals surface area contributed by atoms with E-state index in [9.17, 15) is 9.90 Å². The Bertz CT molecular complexity index is 962. The quantitative estimate of drug-likeness (QED) is 0.656. The van der Waals surface area contributed by atoms with Gasteiger partial charge in [-0.15, -0.1) is 0 Å². The fraction of sp³-hybridized carbons (Fsp3) is 0.607. The Hall–Kier alpha value is -2.15. The number of aliphatic hydroxyl groups excluding tert-OH is 1. The number of carbonyl (C=O) groups excluding carboxylic acids is 1. The molecule has 0 radical (unpaired) electrons. The molecule has 1 aromatic carbocycles. The molecule has 5 rings (SSSR count). The van der Waals surface area contributed by atoms with Crippen molar-refractivity contribution in [3.63, 3.8) is 0 Å². The van der Waals surface area contributed by atoms with E-state index in [0.717, 1.165) is 31.4 Å². The van der Waals surface area contributed by atoms with Crippen LogP contribution in [0.3, 0.4) is 0 Å². The van der Waals surface area contributed by atoms with E-state index < -0.39 is 6.10 Å². The van der Waals surface area contributed by atoms with Crippen molar-refractivity contribution in [2.24, 2.45) is 22.7 Å². The molecule has 1 amide bonds. The van der Waals surface area contributed by atoms with Crippen LogP contribution in [-0.4, -0.2) is 36.1 Å². The van der Waals surface area contributed by atoms with Gasteiger partial charge in [0.05, 0.1) is 31.6 Å². The summed E-state index contributed by atoms with van der Waals surface area (Å²) in [6, 6.07) is 14.0. The molecule has 3 fully saturated rings. The highest BCUT2D eigenvalue weighted by Crippen LogP contribution is 2.62. The SMILES string of the molecule is C[C@@]12CO[C@@H](Cc3ccccc3)O[C@@H]1CC[C@]1(C)[C@H]2CC[C@@H](O)[C@H]1CC(=O)NCc1ccco1. The molecule has 1 saturated heterocycles. The first-order valence-corrected chi connectivity index (χ1v) is 12.7. The van der Waals surface area contributed by atoms with Crippen molar-refractivity contribution < 1.29 is 23.8 Å². The maximum absolute atomic E-state index is 12.8. The number of nitrogens with one attached hydrogen (secondary N) is 1. The maximum Gasteiger partial charge on any atom is 0.220 e. The highest BCUT2D eigenvalue weighted by Gasteiger charge is 2.61. The lowest BCUT2D eigenvalue weighted by Crippen LogP contribution is -2.63. The minimum absolute atomic E-state index is 0.0336. The highest BCUT2D eigenvalue weighted by atomic mass is 16.7. The van der Waals surface area contributed by atoms with Crippen LogP contribution < -0.4 is 5.32 Å². The predicted octanol–water partition coefficient (Wildman–Crippen LogP) is 4.46. The molecule has 2 aromatic rings. The van der Waals surface area contributed by atoms with Gasteiger partial charge >= 0.3 is 0 Å². The Morgan fingerprint density at radius 1 is 1.09 bits per heavy atom. The van der Waals surface area contributed by atoms with E-state index in [4.69, 9.17) is 13.9 Å². The molecule has 0 spiro atoms. The van der Waals surface area contributed by atoms with E-state index in [-0.39, 0.29) is 35.0 Å². The van der Waals surface area contributed by atoms with Gasteiger partial charge in [0.2, 0.25) is 5.91 Å².